The molecule has 34 heavy (non-hydrogen) atoms. The van der Waals surface area contributed by atoms with E-state index >= 15 is 0 Å². The Morgan fingerprint density at radius 2 is 1.35 bits per heavy atom. The van der Waals surface area contributed by atoms with E-state index in [0.29, 0.717) is 12.8 Å². The van der Waals surface area contributed by atoms with E-state index in [4.69, 9.17) is 21.1 Å². The molecule has 0 radical (unpaired) electrons. The quantitative estimate of drug-likeness (QED) is 0.144. The molecule has 0 aliphatic heterocycles. The summed E-state index contributed by atoms with van der Waals surface area (Å²) >= 11 is 0. The molecule has 0 bridgehead atoms. The summed E-state index contributed by atoms with van der Waals surface area (Å²) in [6.07, 6.45) is -0.983. The van der Waals surface area contributed by atoms with Gasteiger partial charge >= 0.3 is 17.9 Å². The number of aliphatic carboxylic acids is 3. The number of hydrogen-bond donors (Lipinski definition) is 7. The Morgan fingerprint density at radius 3 is 1.79 bits per heavy atom. The molecule has 0 saturated carbocycles. The summed E-state index contributed by atoms with van der Waals surface area (Å²) in [4.78, 5) is 71.2. The molecule has 0 saturated heterocycles. The Hall–Kier alpha value is -3.22. The Bertz CT molecular complexity index is 757. The van der Waals surface area contributed by atoms with Gasteiger partial charge in [0.25, 0.3) is 0 Å². The van der Waals surface area contributed by atoms with Gasteiger partial charge in [-0.05, 0) is 24.7 Å². The minimum atomic E-state index is -1.78. The summed E-state index contributed by atoms with van der Waals surface area (Å²) < 4.78 is 0. The van der Waals surface area contributed by atoms with Crippen molar-refractivity contribution in [2.45, 2.75) is 84.0 Å². The standard InChI is InChI=1S/C21H36N4O9/c1-5-11(4)17(25-18(30)12(22)8-10(2)3)20(32)23-13(6-7-15(26)27)19(31)24-14(21(33)34)9-16(28)29/h10-14,17H,5-9,22H2,1-4H3,(H,23,32)(H,24,31)(H,25,30)(H,26,27)(H,28,29)(H,33,34). The zero-order valence-corrected chi connectivity index (χ0v) is 19.9. The van der Waals surface area contributed by atoms with Crippen molar-refractivity contribution < 1.29 is 44.1 Å². The van der Waals surface area contributed by atoms with Crippen molar-refractivity contribution in [2.75, 3.05) is 0 Å². The summed E-state index contributed by atoms with van der Waals surface area (Å²) in [5.41, 5.74) is 5.88. The Morgan fingerprint density at radius 1 is 0.794 bits per heavy atom. The number of amides is 3. The van der Waals surface area contributed by atoms with Crippen LogP contribution in [0.15, 0.2) is 0 Å². The van der Waals surface area contributed by atoms with Gasteiger partial charge in [-0.1, -0.05) is 34.1 Å². The fraction of sp³-hybridized carbons (Fsp3) is 0.714. The van der Waals surface area contributed by atoms with E-state index < -0.39 is 72.6 Å². The monoisotopic (exact) mass is 488 g/mol. The van der Waals surface area contributed by atoms with Crippen LogP contribution in [-0.2, 0) is 28.8 Å². The molecule has 5 unspecified atom stereocenters. The first-order valence-corrected chi connectivity index (χ1v) is 11.0. The van der Waals surface area contributed by atoms with Crippen LogP contribution in [0.2, 0.25) is 0 Å². The second kappa shape index (κ2) is 14.8. The maximum atomic E-state index is 13.0. The van der Waals surface area contributed by atoms with E-state index in [1.165, 1.54) is 0 Å². The minimum Gasteiger partial charge on any atom is -0.481 e. The lowest BCUT2D eigenvalue weighted by atomic mass is 9.96. The molecule has 13 nitrogen and oxygen atoms in total. The summed E-state index contributed by atoms with van der Waals surface area (Å²) in [7, 11) is 0. The molecule has 8 N–H and O–H groups in total. The zero-order valence-electron chi connectivity index (χ0n) is 19.9. The Labute approximate surface area is 197 Å². The Balaban J connectivity index is 5.64. The van der Waals surface area contributed by atoms with Crippen molar-refractivity contribution in [1.29, 1.82) is 0 Å². The number of carbonyl (C=O) groups is 6. The van der Waals surface area contributed by atoms with Crippen molar-refractivity contribution in [3.05, 3.63) is 0 Å². The molecule has 0 heterocycles. The maximum Gasteiger partial charge on any atom is 0.326 e. The van der Waals surface area contributed by atoms with Gasteiger partial charge in [0.15, 0.2) is 0 Å². The van der Waals surface area contributed by atoms with Gasteiger partial charge in [-0.3, -0.25) is 24.0 Å². The second-order valence-electron chi connectivity index (χ2n) is 8.60. The molecular formula is C21H36N4O9. The highest BCUT2D eigenvalue weighted by molar-refractivity contribution is 5.95. The SMILES string of the molecule is CCC(C)C(NC(=O)C(N)CC(C)C)C(=O)NC(CCC(=O)O)C(=O)NC(CC(=O)O)C(=O)O. The van der Waals surface area contributed by atoms with Crippen LogP contribution in [0.25, 0.3) is 0 Å². The molecule has 194 valence electrons. The molecule has 0 fully saturated rings. The fourth-order valence-corrected chi connectivity index (χ4v) is 3.02. The van der Waals surface area contributed by atoms with Crippen LogP contribution in [-0.4, -0.2) is 75.1 Å². The molecular weight excluding hydrogens is 452 g/mol. The number of hydrogen-bond acceptors (Lipinski definition) is 7. The normalized spacial score (nSPS) is 15.4. The lowest BCUT2D eigenvalue weighted by Gasteiger charge is -2.28. The zero-order chi connectivity index (χ0) is 26.6. The smallest absolute Gasteiger partial charge is 0.326 e. The van der Waals surface area contributed by atoms with E-state index in [1.54, 1.807) is 13.8 Å². The van der Waals surface area contributed by atoms with Crippen LogP contribution in [0.4, 0.5) is 0 Å². The molecule has 0 aromatic rings. The van der Waals surface area contributed by atoms with Gasteiger partial charge in [0.1, 0.15) is 18.1 Å². The average Bonchev–Trinajstić information content (AvgIpc) is 2.72. The Kier molecular flexibility index (Phi) is 13.4. The molecule has 13 heteroatoms. The predicted molar refractivity (Wildman–Crippen MR) is 119 cm³/mol. The number of carbonyl (C=O) groups excluding carboxylic acids is 3. The predicted octanol–water partition coefficient (Wildman–Crippen LogP) is -0.716. The topological polar surface area (TPSA) is 225 Å². The minimum absolute atomic E-state index is 0.133. The summed E-state index contributed by atoms with van der Waals surface area (Å²) in [5, 5.41) is 33.9. The highest BCUT2D eigenvalue weighted by Crippen LogP contribution is 2.11. The molecule has 0 rings (SSSR count). The van der Waals surface area contributed by atoms with E-state index in [-0.39, 0.29) is 18.3 Å². The second-order valence-corrected chi connectivity index (χ2v) is 8.60. The van der Waals surface area contributed by atoms with Crippen molar-refractivity contribution in [1.82, 2.24) is 16.0 Å². The number of nitrogens with one attached hydrogen (secondary N) is 3. The molecule has 3 amide bonds. The highest BCUT2D eigenvalue weighted by atomic mass is 16.4. The summed E-state index contributed by atoms with van der Waals surface area (Å²) in [6, 6.07) is -5.22. The van der Waals surface area contributed by atoms with Gasteiger partial charge in [0.2, 0.25) is 17.7 Å². The first kappa shape index (κ1) is 30.8. The van der Waals surface area contributed by atoms with E-state index in [0.717, 1.165) is 0 Å². The number of nitrogens with two attached hydrogens (primary N) is 1. The highest BCUT2D eigenvalue weighted by Gasteiger charge is 2.33. The van der Waals surface area contributed by atoms with Gasteiger partial charge in [-0.25, -0.2) is 4.79 Å². The molecule has 0 spiro atoms. The van der Waals surface area contributed by atoms with E-state index in [9.17, 15) is 28.8 Å². The maximum absolute atomic E-state index is 13.0. The third kappa shape index (κ3) is 11.6. The number of carboxylic acids is 3. The molecule has 0 aliphatic rings. The van der Waals surface area contributed by atoms with Crippen molar-refractivity contribution in [3.8, 4) is 0 Å². The number of rotatable bonds is 16. The first-order valence-electron chi connectivity index (χ1n) is 11.0. The van der Waals surface area contributed by atoms with Gasteiger partial charge in [-0.2, -0.15) is 0 Å². The van der Waals surface area contributed by atoms with Gasteiger partial charge in [-0.15, -0.1) is 0 Å². The van der Waals surface area contributed by atoms with Gasteiger partial charge < -0.3 is 37.0 Å². The van der Waals surface area contributed by atoms with Crippen LogP contribution in [0.1, 0.15) is 59.8 Å². The average molecular weight is 489 g/mol. The lowest BCUT2D eigenvalue weighted by molar-refractivity contribution is -0.147. The van der Waals surface area contributed by atoms with Crippen molar-refractivity contribution in [3.63, 3.8) is 0 Å². The van der Waals surface area contributed by atoms with E-state index in [2.05, 4.69) is 10.6 Å². The van der Waals surface area contributed by atoms with Crippen LogP contribution >= 0.6 is 0 Å². The van der Waals surface area contributed by atoms with Crippen LogP contribution < -0.4 is 21.7 Å². The molecule has 0 aromatic heterocycles. The molecule has 0 aliphatic carbocycles. The van der Waals surface area contributed by atoms with Crippen LogP contribution in [0.3, 0.4) is 0 Å². The number of carboxylic acid groups (broad SMARTS) is 3. The van der Waals surface area contributed by atoms with Crippen LogP contribution in [0.5, 0.6) is 0 Å². The van der Waals surface area contributed by atoms with E-state index in [1.807, 2.05) is 19.2 Å². The molecule has 0 aromatic carbocycles. The lowest BCUT2D eigenvalue weighted by Crippen LogP contribution is -2.58. The molecule has 5 atom stereocenters. The summed E-state index contributed by atoms with van der Waals surface area (Å²) in [6.45, 7) is 7.24. The van der Waals surface area contributed by atoms with Gasteiger partial charge in [0.05, 0.1) is 12.5 Å². The fourth-order valence-electron chi connectivity index (χ4n) is 3.02. The van der Waals surface area contributed by atoms with Crippen molar-refractivity contribution >= 4 is 35.6 Å². The first-order chi connectivity index (χ1) is 15.7. The van der Waals surface area contributed by atoms with Gasteiger partial charge in [0, 0.05) is 6.42 Å². The largest absolute Gasteiger partial charge is 0.481 e. The third-order valence-electron chi connectivity index (χ3n) is 5.13. The van der Waals surface area contributed by atoms with Crippen LogP contribution in [0, 0.1) is 11.8 Å². The third-order valence-corrected chi connectivity index (χ3v) is 5.13. The van der Waals surface area contributed by atoms with Crippen molar-refractivity contribution in [2.24, 2.45) is 17.6 Å². The summed E-state index contributed by atoms with van der Waals surface area (Å²) in [5.74, 6) is -7.00.